The lowest BCUT2D eigenvalue weighted by Crippen LogP contribution is -2.05. The average Bonchev–Trinajstić information content (AvgIpc) is 2.77. The molecule has 2 rings (SSSR count). The van der Waals surface area contributed by atoms with Crippen LogP contribution in [0.3, 0.4) is 0 Å². The number of aromatic nitrogens is 3. The van der Waals surface area contributed by atoms with E-state index in [4.69, 9.17) is 0 Å². The molecule has 2 heterocycles. The van der Waals surface area contributed by atoms with Crippen LogP contribution in [0.15, 0.2) is 29.3 Å². The van der Waals surface area contributed by atoms with E-state index >= 15 is 0 Å². The fourth-order valence-electron chi connectivity index (χ4n) is 1.74. The van der Waals surface area contributed by atoms with Crippen molar-refractivity contribution in [2.75, 3.05) is 0 Å². The van der Waals surface area contributed by atoms with Gasteiger partial charge < -0.3 is 0 Å². The third-order valence-electron chi connectivity index (χ3n) is 2.48. The molecule has 0 saturated heterocycles. The van der Waals surface area contributed by atoms with Crippen LogP contribution in [0.1, 0.15) is 19.2 Å². The Labute approximate surface area is 112 Å². The first-order valence-corrected chi connectivity index (χ1v) is 6.25. The Morgan fingerprint density at radius 3 is 2.94 bits per heavy atom. The van der Waals surface area contributed by atoms with Gasteiger partial charge in [0, 0.05) is 25.0 Å². The lowest BCUT2D eigenvalue weighted by molar-refractivity contribution is -0.385. The molecule has 0 aliphatic heterocycles. The summed E-state index contributed by atoms with van der Waals surface area (Å²) in [6, 6.07) is 0. The highest BCUT2D eigenvalue weighted by atomic mass is 79.9. The molecule has 0 fully saturated rings. The highest BCUT2D eigenvalue weighted by Gasteiger charge is 2.20. The quantitative estimate of drug-likeness (QED) is 0.643. The molecule has 0 unspecified atom stereocenters. The van der Waals surface area contributed by atoms with E-state index in [1.807, 2.05) is 6.92 Å². The van der Waals surface area contributed by atoms with Crippen LogP contribution in [-0.4, -0.2) is 19.5 Å². The third-order valence-corrected chi connectivity index (χ3v) is 3.06. The molecule has 94 valence electrons. The van der Waals surface area contributed by atoms with Crippen LogP contribution >= 0.6 is 15.9 Å². The summed E-state index contributed by atoms with van der Waals surface area (Å²) in [7, 11) is 0. The first-order chi connectivity index (χ1) is 8.65. The van der Waals surface area contributed by atoms with Gasteiger partial charge in [-0.25, -0.2) is 4.98 Å². The Morgan fingerprint density at radius 1 is 1.50 bits per heavy atom. The number of nitro groups is 1. The smallest absolute Gasteiger partial charge is 0.297 e. The van der Waals surface area contributed by atoms with Gasteiger partial charge in [0.05, 0.1) is 9.40 Å². The molecule has 0 aromatic carbocycles. The van der Waals surface area contributed by atoms with Gasteiger partial charge in [0.15, 0.2) is 0 Å². The van der Waals surface area contributed by atoms with Gasteiger partial charge in [-0.15, -0.1) is 0 Å². The van der Waals surface area contributed by atoms with Crippen LogP contribution in [0.4, 0.5) is 5.69 Å². The number of rotatable bonds is 4. The van der Waals surface area contributed by atoms with Crippen LogP contribution < -0.4 is 0 Å². The van der Waals surface area contributed by atoms with Crippen LogP contribution in [0.5, 0.6) is 0 Å². The molecule has 0 bridgehead atoms. The van der Waals surface area contributed by atoms with Gasteiger partial charge in [-0.1, -0.05) is 6.92 Å². The van der Waals surface area contributed by atoms with Crippen molar-refractivity contribution in [1.82, 2.24) is 14.5 Å². The van der Waals surface area contributed by atoms with E-state index in [0.717, 1.165) is 18.7 Å². The van der Waals surface area contributed by atoms with E-state index in [9.17, 15) is 10.1 Å². The second-order valence-electron chi connectivity index (χ2n) is 3.71. The topological polar surface area (TPSA) is 73.8 Å². The second kappa shape index (κ2) is 5.26. The number of aryl methyl sites for hydroxylation is 1. The highest BCUT2D eigenvalue weighted by Crippen LogP contribution is 2.30. The Hall–Kier alpha value is -1.76. The van der Waals surface area contributed by atoms with Crippen molar-refractivity contribution in [3.63, 3.8) is 0 Å². The van der Waals surface area contributed by atoms with Gasteiger partial charge in [0.2, 0.25) is 0 Å². The summed E-state index contributed by atoms with van der Waals surface area (Å²) in [4.78, 5) is 18.7. The van der Waals surface area contributed by atoms with Gasteiger partial charge in [-0.3, -0.25) is 19.7 Å². The molecule has 0 saturated carbocycles. The van der Waals surface area contributed by atoms with Crippen molar-refractivity contribution in [3.05, 3.63) is 45.2 Å². The number of imidazole rings is 1. The average molecular weight is 311 g/mol. The van der Waals surface area contributed by atoms with Gasteiger partial charge in [0.1, 0.15) is 17.7 Å². The second-order valence-corrected chi connectivity index (χ2v) is 4.56. The van der Waals surface area contributed by atoms with Crippen molar-refractivity contribution in [2.45, 2.75) is 19.8 Å². The molecule has 6 nitrogen and oxygen atoms in total. The first-order valence-electron chi connectivity index (χ1n) is 5.45. The SMILES string of the molecule is CCCc1nccn1-c1c(Br)cncc1[N+](=O)[O-]. The number of nitrogens with zero attached hydrogens (tertiary/aromatic N) is 4. The van der Waals surface area contributed by atoms with E-state index in [1.54, 1.807) is 17.0 Å². The fourth-order valence-corrected chi connectivity index (χ4v) is 2.25. The molecule has 7 heteroatoms. The molecule has 2 aromatic rings. The van der Waals surface area contributed by atoms with Crippen LogP contribution in [0.2, 0.25) is 0 Å². The van der Waals surface area contributed by atoms with Crippen molar-refractivity contribution < 1.29 is 4.92 Å². The summed E-state index contributed by atoms with van der Waals surface area (Å²) in [5.74, 6) is 0.799. The van der Waals surface area contributed by atoms with E-state index in [-0.39, 0.29) is 5.69 Å². The van der Waals surface area contributed by atoms with Crippen LogP contribution in [-0.2, 0) is 6.42 Å². The monoisotopic (exact) mass is 310 g/mol. The highest BCUT2D eigenvalue weighted by molar-refractivity contribution is 9.10. The zero-order chi connectivity index (χ0) is 13.1. The Kier molecular flexibility index (Phi) is 3.71. The predicted molar refractivity (Wildman–Crippen MR) is 69.7 cm³/mol. The lowest BCUT2D eigenvalue weighted by Gasteiger charge is -2.09. The normalized spacial score (nSPS) is 10.6. The fraction of sp³-hybridized carbons (Fsp3) is 0.273. The van der Waals surface area contributed by atoms with Gasteiger partial charge in [0.25, 0.3) is 0 Å². The molecule has 2 aromatic heterocycles. The van der Waals surface area contributed by atoms with E-state index in [1.165, 1.54) is 12.4 Å². The standard InChI is InChI=1S/C11H11BrN4O2/c1-2-3-10-14-4-5-15(10)11-8(12)6-13-7-9(11)16(17)18/h4-7H,2-3H2,1H3. The Balaban J connectivity index is 2.62. The minimum Gasteiger partial charge on any atom is -0.297 e. The number of halogens is 1. The molecular formula is C11H11BrN4O2. The molecular weight excluding hydrogens is 300 g/mol. The molecule has 0 aliphatic rings. The number of hydrogen-bond donors (Lipinski definition) is 0. The van der Waals surface area contributed by atoms with Crippen molar-refractivity contribution in [2.24, 2.45) is 0 Å². The molecule has 0 N–H and O–H groups in total. The maximum atomic E-state index is 11.0. The predicted octanol–water partition coefficient (Wildman–Crippen LogP) is 2.89. The molecule has 0 spiro atoms. The minimum absolute atomic E-state index is 0.0419. The maximum absolute atomic E-state index is 11.0. The van der Waals surface area contributed by atoms with Gasteiger partial charge >= 0.3 is 5.69 Å². The summed E-state index contributed by atoms with van der Waals surface area (Å²) in [5.41, 5.74) is 0.427. The lowest BCUT2D eigenvalue weighted by atomic mass is 10.3. The summed E-state index contributed by atoms with van der Waals surface area (Å²) >= 11 is 3.31. The Morgan fingerprint density at radius 2 is 2.28 bits per heavy atom. The number of hydrogen-bond acceptors (Lipinski definition) is 4. The van der Waals surface area contributed by atoms with Crippen LogP contribution in [0.25, 0.3) is 5.69 Å². The van der Waals surface area contributed by atoms with E-state index in [0.29, 0.717) is 10.2 Å². The van der Waals surface area contributed by atoms with Crippen molar-refractivity contribution in [3.8, 4) is 5.69 Å². The Bertz CT molecular complexity index is 582. The van der Waals surface area contributed by atoms with Crippen molar-refractivity contribution in [1.29, 1.82) is 0 Å². The third kappa shape index (κ3) is 2.26. The maximum Gasteiger partial charge on any atom is 0.312 e. The van der Waals surface area contributed by atoms with E-state index in [2.05, 4.69) is 25.9 Å². The first kappa shape index (κ1) is 12.7. The minimum atomic E-state index is -0.442. The zero-order valence-corrected chi connectivity index (χ0v) is 11.3. The summed E-state index contributed by atoms with van der Waals surface area (Å²) in [6.45, 7) is 2.04. The summed E-state index contributed by atoms with van der Waals surface area (Å²) in [6.07, 6.45) is 7.83. The molecule has 18 heavy (non-hydrogen) atoms. The summed E-state index contributed by atoms with van der Waals surface area (Å²) < 4.78 is 2.31. The molecule has 0 amide bonds. The zero-order valence-electron chi connectivity index (χ0n) is 9.71. The van der Waals surface area contributed by atoms with Crippen molar-refractivity contribution >= 4 is 21.6 Å². The van der Waals surface area contributed by atoms with E-state index < -0.39 is 4.92 Å². The number of pyridine rings is 1. The largest absolute Gasteiger partial charge is 0.312 e. The summed E-state index contributed by atoms with van der Waals surface area (Å²) in [5, 5.41) is 11.0. The van der Waals surface area contributed by atoms with Gasteiger partial charge in [-0.2, -0.15) is 0 Å². The molecule has 0 atom stereocenters. The van der Waals surface area contributed by atoms with Gasteiger partial charge in [-0.05, 0) is 22.4 Å². The molecule has 0 aliphatic carbocycles. The van der Waals surface area contributed by atoms with Crippen LogP contribution in [0, 0.1) is 10.1 Å². The molecule has 0 radical (unpaired) electrons.